The number of esters is 1. The Balaban J connectivity index is 2.36. The van der Waals surface area contributed by atoms with E-state index < -0.39 is 5.97 Å². The smallest absolute Gasteiger partial charge is 0.374 e. The predicted octanol–water partition coefficient (Wildman–Crippen LogP) is 3.26. The van der Waals surface area contributed by atoms with Gasteiger partial charge in [0.1, 0.15) is 5.82 Å². The van der Waals surface area contributed by atoms with Crippen LogP contribution in [0.1, 0.15) is 17.5 Å². The van der Waals surface area contributed by atoms with Gasteiger partial charge < -0.3 is 9.15 Å². The van der Waals surface area contributed by atoms with Crippen molar-refractivity contribution >= 4 is 5.97 Å². The standard InChI is InChI=1S/C13H11FO3/c1-2-16-13(15)12-11(7-8-17-12)9-3-5-10(14)6-4-9/h3-8H,2H2,1H3. The average molecular weight is 234 g/mol. The minimum Gasteiger partial charge on any atom is -0.460 e. The first-order valence-electron chi connectivity index (χ1n) is 5.23. The Kier molecular flexibility index (Phi) is 3.23. The van der Waals surface area contributed by atoms with Crippen LogP contribution in [0.2, 0.25) is 0 Å². The lowest BCUT2D eigenvalue weighted by molar-refractivity contribution is 0.0491. The largest absolute Gasteiger partial charge is 0.460 e. The molecule has 4 heteroatoms. The molecule has 0 saturated carbocycles. The Bertz CT molecular complexity index is 514. The Morgan fingerprint density at radius 1 is 1.29 bits per heavy atom. The third kappa shape index (κ3) is 2.36. The molecule has 1 aromatic carbocycles. The van der Waals surface area contributed by atoms with Gasteiger partial charge in [-0.3, -0.25) is 0 Å². The van der Waals surface area contributed by atoms with Gasteiger partial charge >= 0.3 is 5.97 Å². The van der Waals surface area contributed by atoms with E-state index in [0.29, 0.717) is 11.1 Å². The van der Waals surface area contributed by atoms with Crippen molar-refractivity contribution in [1.29, 1.82) is 0 Å². The SMILES string of the molecule is CCOC(=O)c1occc1-c1ccc(F)cc1. The van der Waals surface area contributed by atoms with E-state index in [1.807, 2.05) is 0 Å². The maximum Gasteiger partial charge on any atom is 0.374 e. The van der Waals surface area contributed by atoms with Gasteiger partial charge in [0.05, 0.1) is 12.9 Å². The number of hydrogen-bond donors (Lipinski definition) is 0. The van der Waals surface area contributed by atoms with E-state index in [1.165, 1.54) is 18.4 Å². The normalized spacial score (nSPS) is 10.2. The summed E-state index contributed by atoms with van der Waals surface area (Å²) in [4.78, 5) is 11.6. The molecule has 0 spiro atoms. The van der Waals surface area contributed by atoms with Crippen molar-refractivity contribution in [3.8, 4) is 11.1 Å². The van der Waals surface area contributed by atoms with E-state index in [-0.39, 0.29) is 18.2 Å². The fourth-order valence-corrected chi connectivity index (χ4v) is 1.52. The van der Waals surface area contributed by atoms with Gasteiger partial charge in [0.2, 0.25) is 5.76 Å². The van der Waals surface area contributed by atoms with E-state index in [2.05, 4.69) is 0 Å². The number of benzene rings is 1. The average Bonchev–Trinajstić information content (AvgIpc) is 2.79. The van der Waals surface area contributed by atoms with Crippen LogP contribution in [0.15, 0.2) is 41.0 Å². The Labute approximate surface area is 97.8 Å². The number of ether oxygens (including phenoxy) is 1. The van der Waals surface area contributed by atoms with Crippen molar-refractivity contribution in [2.75, 3.05) is 6.61 Å². The summed E-state index contributed by atoms with van der Waals surface area (Å²) >= 11 is 0. The van der Waals surface area contributed by atoms with Crippen LogP contribution in [0, 0.1) is 5.82 Å². The minimum atomic E-state index is -0.517. The Hall–Kier alpha value is -2.10. The molecule has 0 atom stereocenters. The molecule has 0 fully saturated rings. The lowest BCUT2D eigenvalue weighted by atomic mass is 10.1. The van der Waals surface area contributed by atoms with E-state index in [4.69, 9.17) is 9.15 Å². The highest BCUT2D eigenvalue weighted by Gasteiger charge is 2.17. The zero-order valence-electron chi connectivity index (χ0n) is 9.27. The van der Waals surface area contributed by atoms with Crippen molar-refractivity contribution in [1.82, 2.24) is 0 Å². The molecule has 1 heterocycles. The zero-order chi connectivity index (χ0) is 12.3. The van der Waals surface area contributed by atoms with Crippen LogP contribution in [-0.2, 0) is 4.74 Å². The third-order valence-electron chi connectivity index (χ3n) is 2.28. The molecule has 0 radical (unpaired) electrons. The number of carbonyl (C=O) groups excluding carboxylic acids is 1. The summed E-state index contributed by atoms with van der Waals surface area (Å²) in [7, 11) is 0. The van der Waals surface area contributed by atoms with Crippen LogP contribution >= 0.6 is 0 Å². The maximum atomic E-state index is 12.8. The van der Waals surface area contributed by atoms with E-state index in [0.717, 1.165) is 0 Å². The van der Waals surface area contributed by atoms with Crippen LogP contribution < -0.4 is 0 Å². The third-order valence-corrected chi connectivity index (χ3v) is 2.28. The summed E-state index contributed by atoms with van der Waals surface area (Å²) in [5, 5.41) is 0. The monoisotopic (exact) mass is 234 g/mol. The van der Waals surface area contributed by atoms with Gasteiger partial charge in [0, 0.05) is 5.56 Å². The summed E-state index contributed by atoms with van der Waals surface area (Å²) in [6, 6.07) is 7.49. The molecule has 0 amide bonds. The van der Waals surface area contributed by atoms with Crippen LogP contribution in [0.25, 0.3) is 11.1 Å². The van der Waals surface area contributed by atoms with Crippen LogP contribution in [0.4, 0.5) is 4.39 Å². The first-order valence-corrected chi connectivity index (χ1v) is 5.23. The molecule has 1 aromatic heterocycles. The molecule has 0 aliphatic heterocycles. The summed E-state index contributed by atoms with van der Waals surface area (Å²) in [5.74, 6) is -0.704. The second-order valence-electron chi connectivity index (χ2n) is 3.39. The fourth-order valence-electron chi connectivity index (χ4n) is 1.52. The molecule has 17 heavy (non-hydrogen) atoms. The minimum absolute atomic E-state index is 0.137. The topological polar surface area (TPSA) is 39.4 Å². The van der Waals surface area contributed by atoms with Crippen molar-refractivity contribution < 1.29 is 18.3 Å². The van der Waals surface area contributed by atoms with Gasteiger partial charge in [0.25, 0.3) is 0 Å². The summed E-state index contributed by atoms with van der Waals surface area (Å²) < 4.78 is 22.8. The van der Waals surface area contributed by atoms with E-state index in [1.54, 1.807) is 25.1 Å². The molecule has 0 aliphatic rings. The van der Waals surface area contributed by atoms with Crippen molar-refractivity contribution in [3.63, 3.8) is 0 Å². The van der Waals surface area contributed by atoms with Crippen molar-refractivity contribution in [2.45, 2.75) is 6.92 Å². The maximum absolute atomic E-state index is 12.8. The molecule has 0 N–H and O–H groups in total. The lowest BCUT2D eigenvalue weighted by Gasteiger charge is -2.02. The first-order chi connectivity index (χ1) is 8.22. The van der Waals surface area contributed by atoms with E-state index in [9.17, 15) is 9.18 Å². The highest BCUT2D eigenvalue weighted by molar-refractivity contribution is 5.94. The number of hydrogen-bond acceptors (Lipinski definition) is 3. The van der Waals surface area contributed by atoms with Crippen molar-refractivity contribution in [2.24, 2.45) is 0 Å². The van der Waals surface area contributed by atoms with Gasteiger partial charge in [-0.2, -0.15) is 0 Å². The molecule has 0 saturated heterocycles. The number of carbonyl (C=O) groups is 1. The first kappa shape index (κ1) is 11.4. The van der Waals surface area contributed by atoms with Gasteiger partial charge in [0.15, 0.2) is 0 Å². The highest BCUT2D eigenvalue weighted by Crippen LogP contribution is 2.25. The highest BCUT2D eigenvalue weighted by atomic mass is 19.1. The van der Waals surface area contributed by atoms with Gasteiger partial charge in [-0.15, -0.1) is 0 Å². The van der Waals surface area contributed by atoms with Gasteiger partial charge in [-0.05, 0) is 30.7 Å². The van der Waals surface area contributed by atoms with Gasteiger partial charge in [-0.25, -0.2) is 9.18 Å². The molecule has 2 aromatic rings. The summed E-state index contributed by atoms with van der Waals surface area (Å²) in [5.41, 5.74) is 1.31. The molecule has 0 bridgehead atoms. The molecule has 2 rings (SSSR count). The second kappa shape index (κ2) is 4.82. The Morgan fingerprint density at radius 3 is 2.65 bits per heavy atom. The zero-order valence-corrected chi connectivity index (χ0v) is 9.27. The second-order valence-corrected chi connectivity index (χ2v) is 3.39. The van der Waals surface area contributed by atoms with Crippen LogP contribution in [0.5, 0.6) is 0 Å². The molecule has 88 valence electrons. The molecule has 3 nitrogen and oxygen atoms in total. The quantitative estimate of drug-likeness (QED) is 0.765. The molecule has 0 aliphatic carbocycles. The summed E-state index contributed by atoms with van der Waals surface area (Å²) in [6.45, 7) is 2.00. The van der Waals surface area contributed by atoms with Crippen LogP contribution in [-0.4, -0.2) is 12.6 Å². The fraction of sp³-hybridized carbons (Fsp3) is 0.154. The summed E-state index contributed by atoms with van der Waals surface area (Å²) in [6.07, 6.45) is 1.41. The van der Waals surface area contributed by atoms with E-state index >= 15 is 0 Å². The molecule has 0 unspecified atom stereocenters. The lowest BCUT2D eigenvalue weighted by Crippen LogP contribution is -2.04. The molecular weight excluding hydrogens is 223 g/mol. The Morgan fingerprint density at radius 2 is 2.00 bits per heavy atom. The van der Waals surface area contributed by atoms with Crippen molar-refractivity contribution in [3.05, 3.63) is 48.2 Å². The number of rotatable bonds is 3. The number of furan rings is 1. The van der Waals surface area contributed by atoms with Crippen LogP contribution in [0.3, 0.4) is 0 Å². The predicted molar refractivity (Wildman–Crippen MR) is 60.1 cm³/mol. The number of halogens is 1. The van der Waals surface area contributed by atoms with Gasteiger partial charge in [-0.1, -0.05) is 12.1 Å². The molecular formula is C13H11FO3.